The molecular weight excluding hydrogens is 204 g/mol. The van der Waals surface area contributed by atoms with E-state index in [-0.39, 0.29) is 6.04 Å². The van der Waals surface area contributed by atoms with Crippen LogP contribution in [0.25, 0.3) is 4.85 Å². The minimum Gasteiger partial charge on any atom is -0.444 e. The van der Waals surface area contributed by atoms with Gasteiger partial charge in [-0.15, -0.1) is 0 Å². The molecule has 1 amide bonds. The van der Waals surface area contributed by atoms with Crippen molar-refractivity contribution in [2.75, 3.05) is 6.54 Å². The van der Waals surface area contributed by atoms with Crippen molar-refractivity contribution in [1.82, 2.24) is 5.32 Å². The van der Waals surface area contributed by atoms with Gasteiger partial charge in [-0.1, -0.05) is 13.8 Å². The third-order valence-electron chi connectivity index (χ3n) is 1.79. The number of hydrogen-bond donors (Lipinski definition) is 1. The molecule has 0 heterocycles. The molecule has 0 rings (SSSR count). The van der Waals surface area contributed by atoms with Crippen LogP contribution in [0, 0.1) is 12.5 Å². The van der Waals surface area contributed by atoms with E-state index in [1.165, 1.54) is 0 Å². The van der Waals surface area contributed by atoms with E-state index in [1.807, 2.05) is 20.8 Å². The number of amides is 1. The molecule has 1 unspecified atom stereocenters. The predicted molar refractivity (Wildman–Crippen MR) is 64.1 cm³/mol. The van der Waals surface area contributed by atoms with Crippen molar-refractivity contribution in [2.45, 2.75) is 52.7 Å². The maximum Gasteiger partial charge on any atom is 0.408 e. The van der Waals surface area contributed by atoms with Crippen LogP contribution in [-0.4, -0.2) is 24.3 Å². The Morgan fingerprint density at radius 2 is 2.00 bits per heavy atom. The van der Waals surface area contributed by atoms with Crippen molar-refractivity contribution in [1.29, 1.82) is 0 Å². The monoisotopic (exact) mass is 226 g/mol. The molecule has 4 heteroatoms. The average Bonchev–Trinajstić information content (AvgIpc) is 1.98. The second kappa shape index (κ2) is 6.37. The van der Waals surface area contributed by atoms with Crippen molar-refractivity contribution >= 4 is 6.09 Å². The van der Waals surface area contributed by atoms with Crippen molar-refractivity contribution < 1.29 is 9.53 Å². The molecule has 4 nitrogen and oxygen atoms in total. The summed E-state index contributed by atoms with van der Waals surface area (Å²) < 4.78 is 5.14. The highest BCUT2D eigenvalue weighted by Crippen LogP contribution is 2.09. The number of carbonyl (C=O) groups is 1. The Hall–Kier alpha value is -1.24. The van der Waals surface area contributed by atoms with Gasteiger partial charge in [0.1, 0.15) is 11.6 Å². The Balaban J connectivity index is 4.19. The summed E-state index contributed by atoms with van der Waals surface area (Å²) >= 11 is 0. The summed E-state index contributed by atoms with van der Waals surface area (Å²) in [7, 11) is 0. The largest absolute Gasteiger partial charge is 0.444 e. The van der Waals surface area contributed by atoms with Gasteiger partial charge in [0.05, 0.1) is 0 Å². The van der Waals surface area contributed by atoms with Crippen LogP contribution in [0.15, 0.2) is 0 Å². The van der Waals surface area contributed by atoms with Crippen LogP contribution in [0.1, 0.15) is 41.0 Å². The van der Waals surface area contributed by atoms with Gasteiger partial charge >= 0.3 is 6.09 Å². The van der Waals surface area contributed by atoms with Crippen LogP contribution in [0.5, 0.6) is 0 Å². The van der Waals surface area contributed by atoms with Gasteiger partial charge in [0.15, 0.2) is 0 Å². The zero-order valence-electron chi connectivity index (χ0n) is 10.8. The number of ether oxygens (including phenoxy) is 1. The SMILES string of the molecule is [C-]#[N+]CC(CC(C)C)NC(=O)OC(C)(C)C. The molecule has 0 aromatic rings. The van der Waals surface area contributed by atoms with Crippen molar-refractivity contribution in [2.24, 2.45) is 5.92 Å². The molecule has 0 bridgehead atoms. The van der Waals surface area contributed by atoms with Crippen molar-refractivity contribution in [3.05, 3.63) is 11.4 Å². The van der Waals surface area contributed by atoms with Gasteiger partial charge in [-0.25, -0.2) is 11.4 Å². The molecule has 0 radical (unpaired) electrons. The highest BCUT2D eigenvalue weighted by atomic mass is 16.6. The van der Waals surface area contributed by atoms with Gasteiger partial charge in [0.25, 0.3) is 0 Å². The Morgan fingerprint density at radius 3 is 2.38 bits per heavy atom. The van der Waals surface area contributed by atoms with Crippen molar-refractivity contribution in [3.8, 4) is 0 Å². The first-order chi connectivity index (χ1) is 7.24. The topological polar surface area (TPSA) is 42.7 Å². The fourth-order valence-corrected chi connectivity index (χ4v) is 1.33. The summed E-state index contributed by atoms with van der Waals surface area (Å²) in [4.78, 5) is 14.8. The minimum absolute atomic E-state index is 0.118. The second-order valence-corrected chi connectivity index (χ2v) is 5.31. The van der Waals surface area contributed by atoms with E-state index < -0.39 is 11.7 Å². The average molecular weight is 226 g/mol. The Labute approximate surface area is 98.2 Å². The fraction of sp³-hybridized carbons (Fsp3) is 0.833. The number of alkyl carbamates (subject to hydrolysis) is 1. The van der Waals surface area contributed by atoms with Gasteiger partial charge in [-0.2, -0.15) is 0 Å². The molecule has 1 atom stereocenters. The van der Waals surface area contributed by atoms with Crippen LogP contribution >= 0.6 is 0 Å². The smallest absolute Gasteiger partial charge is 0.408 e. The Bertz CT molecular complexity index is 261. The summed E-state index contributed by atoms with van der Waals surface area (Å²) in [5, 5.41) is 2.73. The fourth-order valence-electron chi connectivity index (χ4n) is 1.33. The molecule has 0 spiro atoms. The molecule has 92 valence electrons. The lowest BCUT2D eigenvalue weighted by Crippen LogP contribution is -2.41. The zero-order chi connectivity index (χ0) is 12.8. The lowest BCUT2D eigenvalue weighted by molar-refractivity contribution is 0.0503. The van der Waals surface area contributed by atoms with E-state index in [0.29, 0.717) is 12.5 Å². The van der Waals surface area contributed by atoms with E-state index in [2.05, 4.69) is 24.0 Å². The molecule has 0 aromatic heterocycles. The third-order valence-corrected chi connectivity index (χ3v) is 1.79. The van der Waals surface area contributed by atoms with Crippen LogP contribution in [0.3, 0.4) is 0 Å². The Kier molecular flexibility index (Phi) is 5.87. The van der Waals surface area contributed by atoms with Gasteiger partial charge in [0.2, 0.25) is 6.54 Å². The molecule has 0 saturated heterocycles. The van der Waals surface area contributed by atoms with Crippen LogP contribution in [-0.2, 0) is 4.74 Å². The first-order valence-electron chi connectivity index (χ1n) is 5.57. The van der Waals surface area contributed by atoms with Gasteiger partial charge < -0.3 is 14.9 Å². The van der Waals surface area contributed by atoms with Crippen molar-refractivity contribution in [3.63, 3.8) is 0 Å². The summed E-state index contributed by atoms with van der Waals surface area (Å²) in [6.07, 6.45) is 0.350. The Morgan fingerprint density at radius 1 is 1.44 bits per heavy atom. The lowest BCUT2D eigenvalue weighted by Gasteiger charge is -2.22. The molecule has 0 aliphatic heterocycles. The van der Waals surface area contributed by atoms with Gasteiger partial charge in [-0.05, 0) is 33.1 Å². The van der Waals surface area contributed by atoms with Crippen LogP contribution < -0.4 is 5.32 Å². The summed E-state index contributed by atoms with van der Waals surface area (Å²) in [5.41, 5.74) is -0.495. The first kappa shape index (κ1) is 14.8. The summed E-state index contributed by atoms with van der Waals surface area (Å²) in [6, 6.07) is -0.118. The molecule has 16 heavy (non-hydrogen) atoms. The molecular formula is C12H22N2O2. The van der Waals surface area contributed by atoms with E-state index >= 15 is 0 Å². The maximum atomic E-state index is 11.5. The second-order valence-electron chi connectivity index (χ2n) is 5.31. The van der Waals surface area contributed by atoms with E-state index in [9.17, 15) is 4.79 Å². The first-order valence-corrected chi connectivity index (χ1v) is 5.57. The minimum atomic E-state index is -0.495. The van der Waals surface area contributed by atoms with E-state index in [4.69, 9.17) is 11.3 Å². The van der Waals surface area contributed by atoms with Gasteiger partial charge in [0, 0.05) is 0 Å². The number of nitrogens with zero attached hydrogens (tertiary/aromatic N) is 1. The highest BCUT2D eigenvalue weighted by molar-refractivity contribution is 5.68. The number of nitrogens with one attached hydrogen (secondary N) is 1. The standard InChI is InChI=1S/C12H22N2O2/c1-9(2)7-10(8-13-6)14-11(15)16-12(3,4)5/h9-10H,7-8H2,1-5H3,(H,14,15). The highest BCUT2D eigenvalue weighted by Gasteiger charge is 2.21. The number of hydrogen-bond acceptors (Lipinski definition) is 2. The quantitative estimate of drug-likeness (QED) is 0.749. The normalized spacial score (nSPS) is 13.1. The molecule has 1 N–H and O–H groups in total. The molecule has 0 aliphatic carbocycles. The van der Waals surface area contributed by atoms with Crippen LogP contribution in [0.4, 0.5) is 4.79 Å². The summed E-state index contributed by atoms with van der Waals surface area (Å²) in [5.74, 6) is 0.446. The van der Waals surface area contributed by atoms with E-state index in [0.717, 1.165) is 6.42 Å². The molecule has 0 aliphatic rings. The van der Waals surface area contributed by atoms with E-state index in [1.54, 1.807) is 0 Å². The summed E-state index contributed by atoms with van der Waals surface area (Å²) in [6.45, 7) is 16.7. The zero-order valence-corrected chi connectivity index (χ0v) is 10.8. The third kappa shape index (κ3) is 8.10. The van der Waals surface area contributed by atoms with Gasteiger partial charge in [-0.3, -0.25) is 0 Å². The predicted octanol–water partition coefficient (Wildman–Crippen LogP) is 2.85. The molecule has 0 aromatic carbocycles. The lowest BCUT2D eigenvalue weighted by atomic mass is 10.0. The number of rotatable bonds is 4. The maximum absolute atomic E-state index is 11.5. The van der Waals surface area contributed by atoms with Crippen LogP contribution in [0.2, 0.25) is 0 Å². The molecule has 0 saturated carbocycles. The molecule has 0 fully saturated rings. The number of carbonyl (C=O) groups excluding carboxylic acids is 1.